The number of aromatic hydroxyl groups is 1. The maximum atomic E-state index is 10.8. The Balaban J connectivity index is 3.36. The molecule has 0 bridgehead atoms. The number of nitrogens with two attached hydrogens (primary N) is 1. The number of amides is 1. The first kappa shape index (κ1) is 9.06. The molecule has 1 amide bonds. The van der Waals surface area contributed by atoms with E-state index in [9.17, 15) is 9.90 Å². The van der Waals surface area contributed by atoms with Crippen LogP contribution in [0.2, 0.25) is 0 Å². The second-order valence-corrected chi connectivity index (χ2v) is 3.29. The van der Waals surface area contributed by atoms with Gasteiger partial charge in [-0.1, -0.05) is 0 Å². The van der Waals surface area contributed by atoms with E-state index in [1.54, 1.807) is 19.1 Å². The smallest absolute Gasteiger partial charge is 0.249 e. The van der Waals surface area contributed by atoms with Crippen LogP contribution in [-0.4, -0.2) is 11.0 Å². The Morgan fingerprint density at radius 2 is 2.17 bits per heavy atom. The molecule has 1 aromatic carbocycles. The average molecular weight is 230 g/mol. The molecular formula is C8H8BrNO2. The lowest BCUT2D eigenvalue weighted by atomic mass is 10.1. The zero-order valence-corrected chi connectivity index (χ0v) is 8.05. The number of carbonyl (C=O) groups excluding carboxylic acids is 1. The van der Waals surface area contributed by atoms with Crippen molar-refractivity contribution < 1.29 is 9.90 Å². The molecule has 0 unspecified atom stereocenters. The molecule has 0 fully saturated rings. The summed E-state index contributed by atoms with van der Waals surface area (Å²) in [7, 11) is 0. The van der Waals surface area contributed by atoms with E-state index < -0.39 is 5.91 Å². The number of phenols is 1. The number of rotatable bonds is 1. The first-order valence-corrected chi connectivity index (χ1v) is 4.11. The lowest BCUT2D eigenvalue weighted by molar-refractivity contribution is 0.0999. The second kappa shape index (κ2) is 3.15. The molecule has 3 N–H and O–H groups in total. The van der Waals surface area contributed by atoms with Crippen molar-refractivity contribution in [2.75, 3.05) is 0 Å². The highest BCUT2D eigenvalue weighted by molar-refractivity contribution is 9.10. The van der Waals surface area contributed by atoms with Crippen LogP contribution in [0.5, 0.6) is 5.75 Å². The van der Waals surface area contributed by atoms with Gasteiger partial charge in [0.2, 0.25) is 5.91 Å². The zero-order valence-electron chi connectivity index (χ0n) is 6.47. The van der Waals surface area contributed by atoms with Crippen molar-refractivity contribution in [3.8, 4) is 5.75 Å². The van der Waals surface area contributed by atoms with Crippen LogP contribution in [0.3, 0.4) is 0 Å². The highest BCUT2D eigenvalue weighted by Crippen LogP contribution is 2.29. The van der Waals surface area contributed by atoms with Gasteiger partial charge in [0.1, 0.15) is 5.75 Å². The van der Waals surface area contributed by atoms with Gasteiger partial charge in [0, 0.05) is 11.1 Å². The van der Waals surface area contributed by atoms with Crippen LogP contribution in [0.25, 0.3) is 0 Å². The van der Waals surface area contributed by atoms with Gasteiger partial charge in [-0.15, -0.1) is 0 Å². The molecule has 0 spiro atoms. The summed E-state index contributed by atoms with van der Waals surface area (Å²) in [4.78, 5) is 10.8. The minimum absolute atomic E-state index is 0.0614. The summed E-state index contributed by atoms with van der Waals surface area (Å²) >= 11 is 3.13. The SMILES string of the molecule is Cc1c(C(N)=O)ccc(Br)c1O. The van der Waals surface area contributed by atoms with Crippen LogP contribution < -0.4 is 5.73 Å². The van der Waals surface area contributed by atoms with Crippen LogP contribution in [0.4, 0.5) is 0 Å². The first-order valence-electron chi connectivity index (χ1n) is 3.32. The van der Waals surface area contributed by atoms with E-state index in [-0.39, 0.29) is 5.75 Å². The van der Waals surface area contributed by atoms with Gasteiger partial charge in [0.25, 0.3) is 0 Å². The van der Waals surface area contributed by atoms with Gasteiger partial charge < -0.3 is 10.8 Å². The molecule has 4 heteroatoms. The maximum Gasteiger partial charge on any atom is 0.249 e. The molecule has 0 aliphatic heterocycles. The molecule has 0 saturated heterocycles. The predicted octanol–water partition coefficient (Wildman–Crippen LogP) is 1.56. The second-order valence-electron chi connectivity index (χ2n) is 2.43. The summed E-state index contributed by atoms with van der Waals surface area (Å²) in [5.74, 6) is -0.471. The Kier molecular flexibility index (Phi) is 2.38. The van der Waals surface area contributed by atoms with Crippen molar-refractivity contribution in [2.45, 2.75) is 6.92 Å². The number of halogens is 1. The molecule has 3 nitrogen and oxygen atoms in total. The topological polar surface area (TPSA) is 63.3 Å². The molecule has 0 saturated carbocycles. The number of phenolic OH excluding ortho intramolecular Hbond substituents is 1. The normalized spacial score (nSPS) is 9.83. The monoisotopic (exact) mass is 229 g/mol. The van der Waals surface area contributed by atoms with E-state index in [0.29, 0.717) is 15.6 Å². The minimum atomic E-state index is -0.532. The molecule has 0 atom stereocenters. The summed E-state index contributed by atoms with van der Waals surface area (Å²) in [6, 6.07) is 3.16. The molecule has 0 aliphatic carbocycles. The largest absolute Gasteiger partial charge is 0.506 e. The van der Waals surface area contributed by atoms with E-state index in [1.165, 1.54) is 0 Å². The number of hydrogen-bond acceptors (Lipinski definition) is 2. The average Bonchev–Trinajstić information content (AvgIpc) is 2.00. The van der Waals surface area contributed by atoms with Crippen LogP contribution in [0.1, 0.15) is 15.9 Å². The Labute approximate surface area is 78.3 Å². The predicted molar refractivity (Wildman–Crippen MR) is 49.1 cm³/mol. The summed E-state index contributed by atoms with van der Waals surface area (Å²) in [6.07, 6.45) is 0. The van der Waals surface area contributed by atoms with Crippen molar-refractivity contribution >= 4 is 21.8 Å². The Bertz CT molecular complexity index is 336. The Morgan fingerprint density at radius 3 is 2.67 bits per heavy atom. The van der Waals surface area contributed by atoms with E-state index in [2.05, 4.69) is 15.9 Å². The maximum absolute atomic E-state index is 10.8. The van der Waals surface area contributed by atoms with Crippen molar-refractivity contribution in [1.82, 2.24) is 0 Å². The van der Waals surface area contributed by atoms with Gasteiger partial charge in [0.05, 0.1) is 4.47 Å². The number of primary amides is 1. The van der Waals surface area contributed by atoms with Crippen LogP contribution >= 0.6 is 15.9 Å². The van der Waals surface area contributed by atoms with Gasteiger partial charge in [-0.05, 0) is 35.0 Å². The minimum Gasteiger partial charge on any atom is -0.506 e. The lowest BCUT2D eigenvalue weighted by Gasteiger charge is -2.04. The van der Waals surface area contributed by atoms with E-state index in [0.717, 1.165) is 0 Å². The van der Waals surface area contributed by atoms with Gasteiger partial charge in [-0.2, -0.15) is 0 Å². The molecule has 0 heterocycles. The first-order chi connectivity index (χ1) is 5.54. The summed E-state index contributed by atoms with van der Waals surface area (Å²) in [5, 5.41) is 9.38. The van der Waals surface area contributed by atoms with Crippen molar-refractivity contribution in [3.05, 3.63) is 27.7 Å². The molecular weight excluding hydrogens is 222 g/mol. The van der Waals surface area contributed by atoms with E-state index >= 15 is 0 Å². The fraction of sp³-hybridized carbons (Fsp3) is 0.125. The zero-order chi connectivity index (χ0) is 9.30. The standard InChI is InChI=1S/C8H8BrNO2/c1-4-5(8(10)12)2-3-6(9)7(4)11/h2-3,11H,1H3,(H2,10,12). The fourth-order valence-electron chi connectivity index (χ4n) is 0.934. The number of carbonyl (C=O) groups is 1. The molecule has 1 rings (SSSR count). The van der Waals surface area contributed by atoms with Crippen LogP contribution in [0.15, 0.2) is 16.6 Å². The van der Waals surface area contributed by atoms with Gasteiger partial charge in [0.15, 0.2) is 0 Å². The van der Waals surface area contributed by atoms with Crippen molar-refractivity contribution in [1.29, 1.82) is 0 Å². The number of hydrogen-bond donors (Lipinski definition) is 2. The van der Waals surface area contributed by atoms with E-state index in [4.69, 9.17) is 5.73 Å². The molecule has 0 aliphatic rings. The molecule has 0 aromatic heterocycles. The third-order valence-electron chi connectivity index (χ3n) is 1.65. The number of benzene rings is 1. The van der Waals surface area contributed by atoms with E-state index in [1.807, 2.05) is 0 Å². The highest BCUT2D eigenvalue weighted by Gasteiger charge is 2.10. The fourth-order valence-corrected chi connectivity index (χ4v) is 1.36. The van der Waals surface area contributed by atoms with Gasteiger partial charge in [-0.25, -0.2) is 0 Å². The molecule has 1 aromatic rings. The van der Waals surface area contributed by atoms with Crippen molar-refractivity contribution in [2.24, 2.45) is 5.73 Å². The summed E-state index contributed by atoms with van der Waals surface area (Å²) in [6.45, 7) is 1.64. The highest BCUT2D eigenvalue weighted by atomic mass is 79.9. The lowest BCUT2D eigenvalue weighted by Crippen LogP contribution is -2.12. The molecule has 0 radical (unpaired) electrons. The van der Waals surface area contributed by atoms with Crippen LogP contribution in [0, 0.1) is 6.92 Å². The van der Waals surface area contributed by atoms with Gasteiger partial charge in [-0.3, -0.25) is 4.79 Å². The Morgan fingerprint density at radius 1 is 1.58 bits per heavy atom. The third kappa shape index (κ3) is 1.43. The van der Waals surface area contributed by atoms with Gasteiger partial charge >= 0.3 is 0 Å². The quantitative estimate of drug-likeness (QED) is 0.768. The summed E-state index contributed by atoms with van der Waals surface area (Å²) < 4.78 is 0.560. The van der Waals surface area contributed by atoms with Crippen LogP contribution in [-0.2, 0) is 0 Å². The van der Waals surface area contributed by atoms with Crippen molar-refractivity contribution in [3.63, 3.8) is 0 Å². The summed E-state index contributed by atoms with van der Waals surface area (Å²) in [5.41, 5.74) is 5.91. The third-order valence-corrected chi connectivity index (χ3v) is 2.29. The molecule has 12 heavy (non-hydrogen) atoms. The molecule has 64 valence electrons. The Hall–Kier alpha value is -1.03.